The van der Waals surface area contributed by atoms with Crippen LogP contribution in [-0.2, 0) is 4.79 Å². The summed E-state index contributed by atoms with van der Waals surface area (Å²) in [5.41, 5.74) is 0.979. The summed E-state index contributed by atoms with van der Waals surface area (Å²) in [4.78, 5) is 11.6. The van der Waals surface area contributed by atoms with E-state index in [9.17, 15) is 31.1 Å². The monoisotopic (exact) mass is 377 g/mol. The molecule has 9 heteroatoms. The van der Waals surface area contributed by atoms with Crippen LogP contribution in [0, 0.1) is 13.8 Å². The van der Waals surface area contributed by atoms with E-state index in [-0.39, 0.29) is 5.69 Å². The van der Waals surface area contributed by atoms with E-state index in [1.165, 1.54) is 41.1 Å². The molecule has 0 saturated heterocycles. The van der Waals surface area contributed by atoms with Gasteiger partial charge in [-0.25, -0.2) is 0 Å². The van der Waals surface area contributed by atoms with Crippen LogP contribution in [0.1, 0.15) is 11.1 Å². The minimum Gasteiger partial charge on any atom is -0.324 e. The molecule has 0 aliphatic carbocycles. The fourth-order valence-corrected chi connectivity index (χ4v) is 1.68. The number of carbonyl (C=O) groups is 1. The fraction of sp³-hybridized carbons (Fsp3) is 0.417. The van der Waals surface area contributed by atoms with Gasteiger partial charge in [-0.15, -0.1) is 0 Å². The van der Waals surface area contributed by atoms with E-state index in [0.29, 0.717) is 5.56 Å². The normalized spacial score (nSPS) is 13.2. The summed E-state index contributed by atoms with van der Waals surface area (Å²) in [6, 6.07) is 4.22. The molecule has 0 bridgehead atoms. The zero-order valence-electron chi connectivity index (χ0n) is 10.8. The number of benzene rings is 1. The van der Waals surface area contributed by atoms with Gasteiger partial charge in [0.2, 0.25) is 0 Å². The van der Waals surface area contributed by atoms with Crippen molar-refractivity contribution < 1.29 is 31.1 Å². The summed E-state index contributed by atoms with van der Waals surface area (Å²) in [5, 5.41) is 1.67. The molecule has 0 aromatic heterocycles. The molecule has 0 saturated carbocycles. The molecule has 0 radical (unpaired) electrons. The summed E-state index contributed by atoms with van der Waals surface area (Å²) in [7, 11) is 0. The van der Waals surface area contributed by atoms with Crippen LogP contribution < -0.4 is 5.32 Å². The number of halogens is 7. The SMILES string of the molecule is Cc1ccc(NC(=O)C(Br)(C(F)(F)F)C(F)(F)F)c(C)c1. The number of carbonyl (C=O) groups excluding carboxylic acids is 1. The number of alkyl halides is 7. The van der Waals surface area contributed by atoms with Crippen molar-refractivity contribution in [3.8, 4) is 0 Å². The van der Waals surface area contributed by atoms with Crippen LogP contribution in [0.2, 0.25) is 0 Å². The minimum absolute atomic E-state index is 0.122. The van der Waals surface area contributed by atoms with Gasteiger partial charge in [0.15, 0.2) is 0 Å². The molecule has 1 aromatic carbocycles. The van der Waals surface area contributed by atoms with Crippen molar-refractivity contribution in [1.82, 2.24) is 0 Å². The average molecular weight is 378 g/mol. The Balaban J connectivity index is 3.20. The Morgan fingerprint density at radius 2 is 1.52 bits per heavy atom. The van der Waals surface area contributed by atoms with Crippen molar-refractivity contribution in [2.75, 3.05) is 5.32 Å². The van der Waals surface area contributed by atoms with Crippen molar-refractivity contribution in [1.29, 1.82) is 0 Å². The Hall–Kier alpha value is -1.25. The predicted molar refractivity (Wildman–Crippen MR) is 68.3 cm³/mol. The number of amides is 1. The van der Waals surface area contributed by atoms with Gasteiger partial charge in [-0.3, -0.25) is 4.79 Å². The molecule has 0 fully saturated rings. The van der Waals surface area contributed by atoms with Crippen LogP contribution in [0.15, 0.2) is 18.2 Å². The largest absolute Gasteiger partial charge is 0.421 e. The molecule has 0 heterocycles. The Kier molecular flexibility index (Phi) is 4.67. The zero-order valence-corrected chi connectivity index (χ0v) is 12.4. The molecule has 1 N–H and O–H groups in total. The van der Waals surface area contributed by atoms with Crippen LogP contribution in [0.5, 0.6) is 0 Å². The summed E-state index contributed by atoms with van der Waals surface area (Å²) < 4.78 is 71.5. The van der Waals surface area contributed by atoms with Gasteiger partial charge in [-0.2, -0.15) is 26.3 Å². The first-order chi connectivity index (χ1) is 9.30. The third kappa shape index (κ3) is 3.33. The van der Waals surface area contributed by atoms with Crippen molar-refractivity contribution in [3.05, 3.63) is 29.3 Å². The lowest BCUT2D eigenvalue weighted by atomic mass is 10.1. The maximum absolute atomic E-state index is 12.7. The lowest BCUT2D eigenvalue weighted by molar-refractivity contribution is -0.253. The molecule has 0 aliphatic heterocycles. The number of hydrogen-bond acceptors (Lipinski definition) is 1. The van der Waals surface area contributed by atoms with E-state index in [1.807, 2.05) is 0 Å². The number of nitrogens with one attached hydrogen (secondary N) is 1. The molecule has 0 spiro atoms. The van der Waals surface area contributed by atoms with Crippen LogP contribution in [0.25, 0.3) is 0 Å². The lowest BCUT2D eigenvalue weighted by Gasteiger charge is -2.30. The first kappa shape index (κ1) is 17.8. The van der Waals surface area contributed by atoms with E-state index in [0.717, 1.165) is 5.56 Å². The molecule has 0 atom stereocenters. The maximum atomic E-state index is 12.7. The topological polar surface area (TPSA) is 29.1 Å². The lowest BCUT2D eigenvalue weighted by Crippen LogP contribution is -2.59. The molecule has 2 nitrogen and oxygen atoms in total. The van der Waals surface area contributed by atoms with Gasteiger partial charge in [0, 0.05) is 5.69 Å². The second-order valence-corrected chi connectivity index (χ2v) is 5.62. The second kappa shape index (κ2) is 5.51. The molecular formula is C12H10BrF6NO. The van der Waals surface area contributed by atoms with Gasteiger partial charge >= 0.3 is 12.4 Å². The smallest absolute Gasteiger partial charge is 0.324 e. The Bertz CT molecular complexity index is 538. The predicted octanol–water partition coefficient (Wildman–Crippen LogP) is 4.50. The van der Waals surface area contributed by atoms with Crippen LogP contribution in [0.3, 0.4) is 0 Å². The minimum atomic E-state index is -5.84. The number of aryl methyl sites for hydroxylation is 2. The highest BCUT2D eigenvalue weighted by molar-refractivity contribution is 9.10. The standard InChI is InChI=1S/C12H10BrF6NO/c1-6-3-4-8(7(2)5-6)20-9(21)10(13,11(14,15)16)12(17,18)19/h3-5H,1-2H3,(H,20,21). The van der Waals surface area contributed by atoms with Crippen molar-refractivity contribution in [2.24, 2.45) is 0 Å². The molecule has 0 unspecified atom stereocenters. The summed E-state index contributed by atoms with van der Waals surface area (Å²) in [6.45, 7) is 3.15. The Labute approximate surface area is 124 Å². The molecule has 118 valence electrons. The van der Waals surface area contributed by atoms with Gasteiger partial charge in [-0.05, 0) is 25.5 Å². The summed E-state index contributed by atoms with van der Waals surface area (Å²) >= 11 is 1.53. The highest BCUT2D eigenvalue weighted by atomic mass is 79.9. The Morgan fingerprint density at radius 3 is 1.90 bits per heavy atom. The molecule has 1 aromatic rings. The molecule has 1 amide bonds. The van der Waals surface area contributed by atoms with E-state index >= 15 is 0 Å². The van der Waals surface area contributed by atoms with E-state index < -0.39 is 22.6 Å². The summed E-state index contributed by atoms with van der Waals surface area (Å²) in [6.07, 6.45) is -11.7. The Morgan fingerprint density at radius 1 is 1.05 bits per heavy atom. The molecule has 0 aliphatic rings. The first-order valence-electron chi connectivity index (χ1n) is 5.52. The van der Waals surface area contributed by atoms with E-state index in [1.54, 1.807) is 12.2 Å². The molecule has 21 heavy (non-hydrogen) atoms. The third-order valence-electron chi connectivity index (χ3n) is 2.72. The highest BCUT2D eigenvalue weighted by Gasteiger charge is 2.74. The zero-order chi connectivity index (χ0) is 16.6. The number of anilines is 1. The highest BCUT2D eigenvalue weighted by Crippen LogP contribution is 2.50. The quantitative estimate of drug-likeness (QED) is 0.596. The van der Waals surface area contributed by atoms with E-state index in [4.69, 9.17) is 0 Å². The average Bonchev–Trinajstić information content (AvgIpc) is 2.28. The summed E-state index contributed by atoms with van der Waals surface area (Å²) in [5.74, 6) is -2.24. The molecule has 1 rings (SSSR count). The van der Waals surface area contributed by atoms with Crippen molar-refractivity contribution >= 4 is 27.5 Å². The second-order valence-electron chi connectivity index (χ2n) is 4.43. The van der Waals surface area contributed by atoms with Gasteiger partial charge < -0.3 is 5.32 Å². The number of rotatable bonds is 2. The first-order valence-corrected chi connectivity index (χ1v) is 6.31. The van der Waals surface area contributed by atoms with Crippen molar-refractivity contribution in [3.63, 3.8) is 0 Å². The van der Waals surface area contributed by atoms with Crippen LogP contribution in [0.4, 0.5) is 32.0 Å². The van der Waals surface area contributed by atoms with Gasteiger partial charge in [0.25, 0.3) is 10.2 Å². The van der Waals surface area contributed by atoms with Crippen LogP contribution >= 0.6 is 15.9 Å². The van der Waals surface area contributed by atoms with Gasteiger partial charge in [0.1, 0.15) is 0 Å². The molecular weight excluding hydrogens is 368 g/mol. The van der Waals surface area contributed by atoms with Crippen LogP contribution in [-0.4, -0.2) is 22.6 Å². The van der Waals surface area contributed by atoms with Gasteiger partial charge in [0.05, 0.1) is 0 Å². The van der Waals surface area contributed by atoms with E-state index in [2.05, 4.69) is 0 Å². The fourth-order valence-electron chi connectivity index (χ4n) is 1.58. The van der Waals surface area contributed by atoms with Crippen molar-refractivity contribution in [2.45, 2.75) is 30.5 Å². The third-order valence-corrected chi connectivity index (χ3v) is 3.98. The van der Waals surface area contributed by atoms with Gasteiger partial charge in [-0.1, -0.05) is 33.6 Å². The maximum Gasteiger partial charge on any atom is 0.421 e. The number of hydrogen-bond donors (Lipinski definition) is 1.